The lowest BCUT2D eigenvalue weighted by Gasteiger charge is -2.30. The van der Waals surface area contributed by atoms with Crippen molar-refractivity contribution in [3.05, 3.63) is 35.9 Å². The number of amides is 4. The zero-order valence-corrected chi connectivity index (χ0v) is 20.0. The molecule has 9 heteroatoms. The van der Waals surface area contributed by atoms with Crippen molar-refractivity contribution in [3.8, 4) is 0 Å². The van der Waals surface area contributed by atoms with Crippen LogP contribution in [0, 0.1) is 0 Å². The maximum Gasteiger partial charge on any atom is 0.245 e. The Morgan fingerprint density at radius 1 is 1.00 bits per heavy atom. The Kier molecular flexibility index (Phi) is 9.44. The summed E-state index contributed by atoms with van der Waals surface area (Å²) in [5.41, 5.74) is 6.67. The fourth-order valence-electron chi connectivity index (χ4n) is 4.79. The predicted molar refractivity (Wildman–Crippen MR) is 128 cm³/mol. The maximum absolute atomic E-state index is 13.5. The largest absolute Gasteiger partial charge is 0.350 e. The van der Waals surface area contributed by atoms with E-state index in [0.717, 1.165) is 18.4 Å². The van der Waals surface area contributed by atoms with Crippen molar-refractivity contribution in [1.29, 1.82) is 0 Å². The molecule has 0 aromatic heterocycles. The van der Waals surface area contributed by atoms with Crippen molar-refractivity contribution >= 4 is 23.6 Å². The van der Waals surface area contributed by atoms with Crippen LogP contribution in [0.3, 0.4) is 0 Å². The van der Waals surface area contributed by atoms with Crippen LogP contribution in [0.25, 0.3) is 0 Å². The second-order valence-corrected chi connectivity index (χ2v) is 8.98. The fourth-order valence-corrected chi connectivity index (χ4v) is 4.79. The summed E-state index contributed by atoms with van der Waals surface area (Å²) in [7, 11) is 0. The molecule has 1 aromatic rings. The van der Waals surface area contributed by atoms with E-state index in [2.05, 4.69) is 10.6 Å². The Morgan fingerprint density at radius 3 is 2.29 bits per heavy atom. The fraction of sp³-hybridized carbons (Fsp3) is 0.600. The van der Waals surface area contributed by atoms with Gasteiger partial charge in [-0.25, -0.2) is 0 Å². The Bertz CT molecular complexity index is 862. The third-order valence-electron chi connectivity index (χ3n) is 6.64. The van der Waals surface area contributed by atoms with Gasteiger partial charge in [0.1, 0.15) is 18.1 Å². The molecule has 0 saturated carbocycles. The molecule has 4 N–H and O–H groups in total. The number of hydrogen-bond acceptors (Lipinski definition) is 5. The molecule has 0 radical (unpaired) electrons. The SMILES string of the molecule is CCC(=O)N1CCC[C@H]1C(=O)N[C@H](CCCN)C(=O)N1CCC[C@@H]1C(=O)NCc1ccccc1. The number of nitrogens with two attached hydrogens (primary N) is 1. The lowest BCUT2D eigenvalue weighted by atomic mass is 10.1. The molecule has 2 aliphatic heterocycles. The Morgan fingerprint density at radius 2 is 1.65 bits per heavy atom. The summed E-state index contributed by atoms with van der Waals surface area (Å²) in [4.78, 5) is 54.8. The van der Waals surface area contributed by atoms with Gasteiger partial charge in [0, 0.05) is 26.1 Å². The average molecular weight is 472 g/mol. The molecule has 0 bridgehead atoms. The Hall–Kier alpha value is -2.94. The second-order valence-electron chi connectivity index (χ2n) is 8.98. The van der Waals surface area contributed by atoms with Crippen LogP contribution in [0.1, 0.15) is 57.4 Å². The molecule has 2 saturated heterocycles. The summed E-state index contributed by atoms with van der Waals surface area (Å²) in [6.07, 6.45) is 3.97. The molecule has 4 amide bonds. The number of carbonyl (C=O) groups excluding carboxylic acids is 4. The number of nitrogens with one attached hydrogen (secondary N) is 2. The van der Waals surface area contributed by atoms with Crippen molar-refractivity contribution in [2.24, 2.45) is 5.73 Å². The van der Waals surface area contributed by atoms with Gasteiger partial charge >= 0.3 is 0 Å². The number of hydrogen-bond donors (Lipinski definition) is 3. The molecule has 9 nitrogen and oxygen atoms in total. The summed E-state index contributed by atoms with van der Waals surface area (Å²) in [5, 5.41) is 5.82. The van der Waals surface area contributed by atoms with Crippen LogP contribution >= 0.6 is 0 Å². The van der Waals surface area contributed by atoms with Gasteiger partial charge in [-0.15, -0.1) is 0 Å². The normalized spacial score (nSPS) is 20.8. The van der Waals surface area contributed by atoms with Crippen LogP contribution < -0.4 is 16.4 Å². The topological polar surface area (TPSA) is 125 Å². The third kappa shape index (κ3) is 6.34. The first-order valence-corrected chi connectivity index (χ1v) is 12.4. The number of nitrogens with zero attached hydrogens (tertiary/aromatic N) is 2. The van der Waals surface area contributed by atoms with E-state index in [1.54, 1.807) is 16.7 Å². The van der Waals surface area contributed by atoms with Gasteiger partial charge in [0.2, 0.25) is 23.6 Å². The van der Waals surface area contributed by atoms with Crippen LogP contribution in [0.2, 0.25) is 0 Å². The van der Waals surface area contributed by atoms with E-state index in [0.29, 0.717) is 58.3 Å². The maximum atomic E-state index is 13.5. The Balaban J connectivity index is 1.65. The first-order valence-electron chi connectivity index (χ1n) is 12.4. The molecule has 2 fully saturated rings. The first kappa shape index (κ1) is 25.7. The van der Waals surface area contributed by atoms with E-state index in [4.69, 9.17) is 5.73 Å². The van der Waals surface area contributed by atoms with Gasteiger partial charge in [-0.3, -0.25) is 19.2 Å². The molecule has 0 spiro atoms. The number of benzene rings is 1. The van der Waals surface area contributed by atoms with Gasteiger partial charge in [0.05, 0.1) is 0 Å². The second kappa shape index (κ2) is 12.5. The highest BCUT2D eigenvalue weighted by Gasteiger charge is 2.39. The smallest absolute Gasteiger partial charge is 0.245 e. The number of carbonyl (C=O) groups is 4. The molecular weight excluding hydrogens is 434 g/mol. The Labute approximate surface area is 201 Å². The zero-order chi connectivity index (χ0) is 24.5. The molecule has 2 aliphatic rings. The highest BCUT2D eigenvalue weighted by atomic mass is 16.2. The van der Waals surface area contributed by atoms with E-state index in [1.165, 1.54) is 0 Å². The number of rotatable bonds is 10. The van der Waals surface area contributed by atoms with Crippen molar-refractivity contribution in [1.82, 2.24) is 20.4 Å². The predicted octanol–water partition coefficient (Wildman–Crippen LogP) is 0.919. The highest BCUT2D eigenvalue weighted by Crippen LogP contribution is 2.22. The number of likely N-dealkylation sites (tertiary alicyclic amines) is 2. The van der Waals surface area contributed by atoms with Crippen LogP contribution in [0.4, 0.5) is 0 Å². The quantitative estimate of drug-likeness (QED) is 0.468. The lowest BCUT2D eigenvalue weighted by Crippen LogP contribution is -2.56. The van der Waals surface area contributed by atoms with Gasteiger partial charge in [-0.05, 0) is 50.6 Å². The molecule has 0 unspecified atom stereocenters. The molecule has 3 atom stereocenters. The molecule has 0 aliphatic carbocycles. The van der Waals surface area contributed by atoms with Gasteiger partial charge in [-0.2, -0.15) is 0 Å². The van der Waals surface area contributed by atoms with Gasteiger partial charge < -0.3 is 26.2 Å². The molecule has 2 heterocycles. The summed E-state index contributed by atoms with van der Waals surface area (Å²) in [5.74, 6) is -0.809. The monoisotopic (exact) mass is 471 g/mol. The minimum Gasteiger partial charge on any atom is -0.350 e. The van der Waals surface area contributed by atoms with Crippen LogP contribution in [0.15, 0.2) is 30.3 Å². The van der Waals surface area contributed by atoms with Crippen LogP contribution in [0.5, 0.6) is 0 Å². The first-order chi connectivity index (χ1) is 16.5. The molecule has 3 rings (SSSR count). The third-order valence-corrected chi connectivity index (χ3v) is 6.64. The summed E-state index contributed by atoms with van der Waals surface area (Å²) < 4.78 is 0. The summed E-state index contributed by atoms with van der Waals surface area (Å²) >= 11 is 0. The summed E-state index contributed by atoms with van der Waals surface area (Å²) in [6.45, 7) is 3.60. The van der Waals surface area contributed by atoms with Gasteiger partial charge in [-0.1, -0.05) is 37.3 Å². The van der Waals surface area contributed by atoms with E-state index in [9.17, 15) is 19.2 Å². The molecule has 1 aromatic carbocycles. The van der Waals surface area contributed by atoms with E-state index < -0.39 is 18.1 Å². The van der Waals surface area contributed by atoms with E-state index in [1.807, 2.05) is 30.3 Å². The van der Waals surface area contributed by atoms with Crippen molar-refractivity contribution in [3.63, 3.8) is 0 Å². The van der Waals surface area contributed by atoms with E-state index >= 15 is 0 Å². The summed E-state index contributed by atoms with van der Waals surface area (Å²) in [6, 6.07) is 7.74. The van der Waals surface area contributed by atoms with Crippen LogP contribution in [-0.2, 0) is 25.7 Å². The van der Waals surface area contributed by atoms with Crippen LogP contribution in [-0.4, -0.2) is 71.2 Å². The minimum atomic E-state index is -0.766. The van der Waals surface area contributed by atoms with Gasteiger partial charge in [0.25, 0.3) is 0 Å². The lowest BCUT2D eigenvalue weighted by molar-refractivity contribution is -0.143. The van der Waals surface area contributed by atoms with E-state index in [-0.39, 0.29) is 23.6 Å². The molecule has 186 valence electrons. The standard InChI is InChI=1S/C25H37N5O4/c1-2-22(31)29-15-7-13-21(29)24(33)28-19(11-6-14-26)25(34)30-16-8-12-20(30)23(32)27-17-18-9-4-3-5-10-18/h3-5,9-10,19-21H,2,6-8,11-17,26H2,1H3,(H,27,32)(H,28,33)/t19-,20-,21+/m1/s1. The molecular formula is C25H37N5O4. The van der Waals surface area contributed by atoms with Crippen molar-refractivity contribution in [2.75, 3.05) is 19.6 Å². The molecule has 34 heavy (non-hydrogen) atoms. The van der Waals surface area contributed by atoms with Crippen molar-refractivity contribution < 1.29 is 19.2 Å². The zero-order valence-electron chi connectivity index (χ0n) is 20.0. The highest BCUT2D eigenvalue weighted by molar-refractivity contribution is 5.94. The minimum absolute atomic E-state index is 0.0582. The van der Waals surface area contributed by atoms with Gasteiger partial charge in [0.15, 0.2) is 0 Å². The van der Waals surface area contributed by atoms with Crippen molar-refractivity contribution in [2.45, 2.75) is 76.5 Å². The average Bonchev–Trinajstić information content (AvgIpc) is 3.55.